The summed E-state index contributed by atoms with van der Waals surface area (Å²) in [6.07, 6.45) is 3.03. The Morgan fingerprint density at radius 1 is 0.857 bits per heavy atom. The lowest BCUT2D eigenvalue weighted by Crippen LogP contribution is -2.39. The van der Waals surface area contributed by atoms with E-state index in [1.54, 1.807) is 0 Å². The van der Waals surface area contributed by atoms with E-state index in [0.717, 1.165) is 28.9 Å². The molecule has 0 N–H and O–H groups in total. The Morgan fingerprint density at radius 2 is 1.54 bits per heavy atom. The first-order valence-corrected chi connectivity index (χ1v) is 10.00. The quantitative estimate of drug-likeness (QED) is 0.448. The zero-order valence-electron chi connectivity index (χ0n) is 15.9. The van der Waals surface area contributed by atoms with E-state index in [2.05, 4.69) is 48.5 Å². The van der Waals surface area contributed by atoms with Gasteiger partial charge in [-0.15, -0.1) is 0 Å². The molecule has 0 saturated heterocycles. The minimum atomic E-state index is -0.711. The molecule has 0 amide bonds. The summed E-state index contributed by atoms with van der Waals surface area (Å²) >= 11 is 6.19. The minimum absolute atomic E-state index is 0.649. The SMILES string of the molecule is CCOCCC1=Cc2ccccc2OC1(c1ccccc1)c1ccc(Cl)cc1. The zero-order chi connectivity index (χ0) is 19.4. The van der Waals surface area contributed by atoms with Gasteiger partial charge in [0.25, 0.3) is 0 Å². The van der Waals surface area contributed by atoms with Crippen molar-refractivity contribution in [3.8, 4) is 5.75 Å². The molecule has 0 radical (unpaired) electrons. The molecule has 4 rings (SSSR count). The van der Waals surface area contributed by atoms with Gasteiger partial charge in [-0.2, -0.15) is 0 Å². The van der Waals surface area contributed by atoms with Gasteiger partial charge in [0.2, 0.25) is 0 Å². The van der Waals surface area contributed by atoms with Gasteiger partial charge in [-0.3, -0.25) is 0 Å². The van der Waals surface area contributed by atoms with Gasteiger partial charge in [-0.05, 0) is 43.2 Å². The van der Waals surface area contributed by atoms with Crippen molar-refractivity contribution in [1.82, 2.24) is 0 Å². The predicted octanol–water partition coefficient (Wildman–Crippen LogP) is 6.49. The lowest BCUT2D eigenvalue weighted by Gasteiger charge is -2.41. The number of hydrogen-bond donors (Lipinski definition) is 0. The largest absolute Gasteiger partial charge is 0.473 e. The number of para-hydroxylation sites is 1. The highest BCUT2D eigenvalue weighted by Crippen LogP contribution is 2.47. The normalized spacial score (nSPS) is 18.1. The van der Waals surface area contributed by atoms with Crippen molar-refractivity contribution in [1.29, 1.82) is 0 Å². The summed E-state index contributed by atoms with van der Waals surface area (Å²) in [5.41, 5.74) is 3.70. The van der Waals surface area contributed by atoms with Gasteiger partial charge in [-0.25, -0.2) is 0 Å². The van der Waals surface area contributed by atoms with Crippen molar-refractivity contribution in [2.45, 2.75) is 18.9 Å². The maximum absolute atomic E-state index is 6.81. The molecule has 1 heterocycles. The highest BCUT2D eigenvalue weighted by atomic mass is 35.5. The summed E-state index contributed by atoms with van der Waals surface area (Å²) in [5, 5.41) is 0.711. The van der Waals surface area contributed by atoms with Gasteiger partial charge in [0.05, 0.1) is 6.61 Å². The Labute approximate surface area is 171 Å². The lowest BCUT2D eigenvalue weighted by molar-refractivity contribution is 0.118. The smallest absolute Gasteiger partial charge is 0.181 e. The second-order valence-electron chi connectivity index (χ2n) is 6.81. The maximum Gasteiger partial charge on any atom is 0.181 e. The third-order valence-corrected chi connectivity index (χ3v) is 5.37. The third-order valence-electron chi connectivity index (χ3n) is 5.11. The first-order valence-electron chi connectivity index (χ1n) is 9.62. The third kappa shape index (κ3) is 3.46. The second-order valence-corrected chi connectivity index (χ2v) is 7.25. The minimum Gasteiger partial charge on any atom is -0.473 e. The van der Waals surface area contributed by atoms with Crippen molar-refractivity contribution in [2.75, 3.05) is 13.2 Å². The Bertz CT molecular complexity index is 963. The molecular weight excluding hydrogens is 368 g/mol. The van der Waals surface area contributed by atoms with E-state index in [-0.39, 0.29) is 0 Å². The number of halogens is 1. The molecule has 0 aromatic heterocycles. The fraction of sp³-hybridized carbons (Fsp3) is 0.200. The van der Waals surface area contributed by atoms with E-state index >= 15 is 0 Å². The molecule has 1 atom stereocenters. The molecule has 2 nitrogen and oxygen atoms in total. The molecule has 0 saturated carbocycles. The molecule has 1 aliphatic heterocycles. The van der Waals surface area contributed by atoms with E-state index in [1.165, 1.54) is 5.57 Å². The number of ether oxygens (including phenoxy) is 2. The molecular formula is C25H23ClO2. The van der Waals surface area contributed by atoms with Crippen LogP contribution in [0.4, 0.5) is 0 Å². The molecule has 142 valence electrons. The van der Waals surface area contributed by atoms with Crippen LogP contribution in [0.1, 0.15) is 30.0 Å². The topological polar surface area (TPSA) is 18.5 Å². The highest BCUT2D eigenvalue weighted by molar-refractivity contribution is 6.30. The lowest BCUT2D eigenvalue weighted by atomic mass is 9.76. The van der Waals surface area contributed by atoms with Crippen LogP contribution in [-0.4, -0.2) is 13.2 Å². The standard InChI is InChI=1S/C25H23ClO2/c1-2-27-17-16-22-18-19-8-6-7-11-24(19)28-25(22,20-9-4-3-5-10-20)21-12-14-23(26)15-13-21/h3-15,18H,2,16-17H2,1H3. The van der Waals surface area contributed by atoms with Crippen molar-refractivity contribution in [3.05, 3.63) is 106 Å². The van der Waals surface area contributed by atoms with Crippen molar-refractivity contribution in [3.63, 3.8) is 0 Å². The Kier molecular flexibility index (Phi) is 5.52. The average molecular weight is 391 g/mol. The van der Waals surface area contributed by atoms with Crippen LogP contribution in [0.2, 0.25) is 5.02 Å². The summed E-state index contributed by atoms with van der Waals surface area (Å²) in [6, 6.07) is 26.5. The summed E-state index contributed by atoms with van der Waals surface area (Å²) in [5.74, 6) is 0.876. The average Bonchev–Trinajstić information content (AvgIpc) is 2.74. The Balaban J connectivity index is 1.93. The summed E-state index contributed by atoms with van der Waals surface area (Å²) in [7, 11) is 0. The van der Waals surface area contributed by atoms with Crippen LogP contribution < -0.4 is 4.74 Å². The predicted molar refractivity (Wildman–Crippen MR) is 115 cm³/mol. The molecule has 3 aromatic rings. The summed E-state index contributed by atoms with van der Waals surface area (Å²) in [4.78, 5) is 0. The van der Waals surface area contributed by atoms with Crippen molar-refractivity contribution < 1.29 is 9.47 Å². The van der Waals surface area contributed by atoms with E-state index in [4.69, 9.17) is 21.1 Å². The van der Waals surface area contributed by atoms with E-state index in [0.29, 0.717) is 18.2 Å². The fourth-order valence-electron chi connectivity index (χ4n) is 3.80. The first kappa shape index (κ1) is 18.8. The number of benzene rings is 3. The van der Waals surface area contributed by atoms with E-state index < -0.39 is 5.60 Å². The molecule has 0 bridgehead atoms. The van der Waals surface area contributed by atoms with Crippen LogP contribution >= 0.6 is 11.6 Å². The van der Waals surface area contributed by atoms with E-state index in [9.17, 15) is 0 Å². The molecule has 0 spiro atoms. The van der Waals surface area contributed by atoms with Crippen LogP contribution in [0.15, 0.2) is 84.4 Å². The number of rotatable bonds is 6. The zero-order valence-corrected chi connectivity index (χ0v) is 16.7. The summed E-state index contributed by atoms with van der Waals surface area (Å²) in [6.45, 7) is 3.37. The molecule has 1 unspecified atom stereocenters. The Morgan fingerprint density at radius 3 is 2.29 bits per heavy atom. The van der Waals surface area contributed by atoms with Crippen LogP contribution in [0.25, 0.3) is 6.08 Å². The van der Waals surface area contributed by atoms with Gasteiger partial charge in [-0.1, -0.05) is 72.3 Å². The molecule has 3 aromatic carbocycles. The van der Waals surface area contributed by atoms with Crippen LogP contribution in [0, 0.1) is 0 Å². The number of hydrogen-bond acceptors (Lipinski definition) is 2. The van der Waals surface area contributed by atoms with Gasteiger partial charge in [0.1, 0.15) is 5.75 Å². The van der Waals surface area contributed by atoms with Crippen LogP contribution in [0.5, 0.6) is 5.75 Å². The van der Waals surface area contributed by atoms with Gasteiger partial charge in [0, 0.05) is 28.3 Å². The summed E-state index contributed by atoms with van der Waals surface area (Å²) < 4.78 is 12.5. The maximum atomic E-state index is 6.81. The van der Waals surface area contributed by atoms with Gasteiger partial charge >= 0.3 is 0 Å². The van der Waals surface area contributed by atoms with Crippen LogP contribution in [0.3, 0.4) is 0 Å². The monoisotopic (exact) mass is 390 g/mol. The fourth-order valence-corrected chi connectivity index (χ4v) is 3.93. The first-order chi connectivity index (χ1) is 13.7. The highest BCUT2D eigenvalue weighted by Gasteiger charge is 2.43. The van der Waals surface area contributed by atoms with Gasteiger partial charge < -0.3 is 9.47 Å². The molecule has 1 aliphatic rings. The van der Waals surface area contributed by atoms with Gasteiger partial charge in [0.15, 0.2) is 5.60 Å². The second kappa shape index (κ2) is 8.22. The molecule has 0 fully saturated rings. The van der Waals surface area contributed by atoms with Crippen molar-refractivity contribution >= 4 is 17.7 Å². The Hall–Kier alpha value is -2.55. The van der Waals surface area contributed by atoms with Crippen LogP contribution in [-0.2, 0) is 10.3 Å². The molecule has 28 heavy (non-hydrogen) atoms. The van der Waals surface area contributed by atoms with E-state index in [1.807, 2.05) is 43.3 Å². The molecule has 3 heteroatoms. The van der Waals surface area contributed by atoms with Crippen molar-refractivity contribution in [2.24, 2.45) is 0 Å². The molecule has 0 aliphatic carbocycles. The number of fused-ring (bicyclic) bond motifs is 1.